The second kappa shape index (κ2) is 19.2. The minimum atomic E-state index is -0.575. The molecule has 0 bridgehead atoms. The number of unbranched alkanes of at least 4 members (excludes halogenated alkanes) is 3. The predicted molar refractivity (Wildman–Crippen MR) is 183 cm³/mol. The van der Waals surface area contributed by atoms with Crippen LogP contribution in [0.5, 0.6) is 28.7 Å². The number of hydrogen-bond donors (Lipinski definition) is 0. The second-order valence-electron chi connectivity index (χ2n) is 10.9. The van der Waals surface area contributed by atoms with Gasteiger partial charge in [0.25, 0.3) is 0 Å². The van der Waals surface area contributed by atoms with Crippen molar-refractivity contribution in [2.45, 2.75) is 39.2 Å². The highest BCUT2D eigenvalue weighted by atomic mass is 17.2. The maximum Gasteiger partial charge on any atom is 0.343 e. The van der Waals surface area contributed by atoms with Crippen molar-refractivity contribution >= 4 is 24.2 Å². The van der Waals surface area contributed by atoms with Crippen molar-refractivity contribution in [3.8, 4) is 28.7 Å². The van der Waals surface area contributed by atoms with Crippen LogP contribution in [0.2, 0.25) is 0 Å². The van der Waals surface area contributed by atoms with Crippen LogP contribution in [0.15, 0.2) is 97.6 Å². The van der Waals surface area contributed by atoms with E-state index in [0.717, 1.165) is 42.9 Å². The van der Waals surface area contributed by atoms with Gasteiger partial charge in [-0.3, -0.25) is 4.79 Å². The Kier molecular flexibility index (Phi) is 14.1. The van der Waals surface area contributed by atoms with Gasteiger partial charge in [0.15, 0.2) is 17.2 Å². The highest BCUT2D eigenvalue weighted by molar-refractivity contribution is 5.92. The molecule has 260 valence electrons. The van der Waals surface area contributed by atoms with Crippen LogP contribution in [0.4, 0.5) is 0 Å². The van der Waals surface area contributed by atoms with Crippen LogP contribution in [0, 0.1) is 6.92 Å². The number of rotatable bonds is 19. The van der Waals surface area contributed by atoms with Crippen molar-refractivity contribution in [2.75, 3.05) is 20.3 Å². The lowest BCUT2D eigenvalue weighted by Gasteiger charge is -2.12. The van der Waals surface area contributed by atoms with Crippen molar-refractivity contribution in [3.05, 3.63) is 125 Å². The third-order valence-electron chi connectivity index (χ3n) is 7.30. The molecule has 0 saturated heterocycles. The fraction of sp³-hybridized carbons (Fsp3) is 0.231. The van der Waals surface area contributed by atoms with Crippen LogP contribution in [0.1, 0.15) is 67.9 Å². The number of carbonyl (C=O) groups is 4. The van der Waals surface area contributed by atoms with Gasteiger partial charge < -0.3 is 28.6 Å². The average molecular weight is 683 g/mol. The minimum absolute atomic E-state index is 0.0732. The van der Waals surface area contributed by atoms with Gasteiger partial charge in [-0.2, -0.15) is 4.89 Å². The zero-order valence-electron chi connectivity index (χ0n) is 27.9. The first-order valence-electron chi connectivity index (χ1n) is 15.9. The fourth-order valence-corrected chi connectivity index (χ4v) is 4.49. The van der Waals surface area contributed by atoms with Crippen LogP contribution >= 0.6 is 0 Å². The molecule has 4 aromatic carbocycles. The van der Waals surface area contributed by atoms with Crippen LogP contribution in [0.25, 0.3) is 0 Å². The molecule has 4 rings (SSSR count). The SMILES string of the molecule is C=CC(=O)OCCCCCCOc1ccc(C(=O)Oc2ccc(OOCc3ccc(C(=O)Oc4ccc(C)c(C=O)c4)cc3)cc2OC)cc1. The average Bonchev–Trinajstić information content (AvgIpc) is 3.14. The molecule has 11 heteroatoms. The van der Waals surface area contributed by atoms with Gasteiger partial charge in [-0.05, 0) is 104 Å². The first kappa shape index (κ1) is 36.9. The standard InChI is InChI=1S/C39H38O11/c1-4-37(41)46-22-8-6-5-7-21-45-32-17-14-30(15-18-32)39(43)49-35-20-19-34(24-36(35)44-3)50-47-26-28-10-12-29(13-11-28)38(42)48-33-16-9-27(2)31(23-33)25-40/h4,9-20,23-25H,1,5-8,21-22,26H2,2-3H3. The molecule has 4 aromatic rings. The third kappa shape index (κ3) is 11.3. The van der Waals surface area contributed by atoms with E-state index in [1.54, 1.807) is 73.7 Å². The third-order valence-corrected chi connectivity index (χ3v) is 7.30. The summed E-state index contributed by atoms with van der Waals surface area (Å²) in [5.74, 6) is 0.131. The number of carbonyl (C=O) groups excluding carboxylic acids is 4. The molecule has 0 aromatic heterocycles. The Hall–Kier alpha value is -5.94. The van der Waals surface area contributed by atoms with Gasteiger partial charge in [0.05, 0.1) is 31.5 Å². The summed E-state index contributed by atoms with van der Waals surface area (Å²) in [6.45, 7) is 6.13. The van der Waals surface area contributed by atoms with Crippen LogP contribution in [0.3, 0.4) is 0 Å². The van der Waals surface area contributed by atoms with Gasteiger partial charge in [-0.25, -0.2) is 14.4 Å². The highest BCUT2D eigenvalue weighted by Gasteiger charge is 2.15. The summed E-state index contributed by atoms with van der Waals surface area (Å²) in [4.78, 5) is 58.3. The molecular weight excluding hydrogens is 644 g/mol. The van der Waals surface area contributed by atoms with Crippen molar-refractivity contribution in [2.24, 2.45) is 0 Å². The van der Waals surface area contributed by atoms with Crippen LogP contribution in [-0.4, -0.2) is 44.5 Å². The van der Waals surface area contributed by atoms with Gasteiger partial charge in [-0.1, -0.05) is 24.8 Å². The van der Waals surface area contributed by atoms with Crippen molar-refractivity contribution in [1.82, 2.24) is 0 Å². The zero-order chi connectivity index (χ0) is 35.7. The summed E-state index contributed by atoms with van der Waals surface area (Å²) in [6.07, 6.45) is 5.34. The van der Waals surface area contributed by atoms with Crippen molar-refractivity contribution in [3.63, 3.8) is 0 Å². The number of benzene rings is 4. The summed E-state index contributed by atoms with van der Waals surface area (Å²) in [6, 6.07) is 22.7. The van der Waals surface area contributed by atoms with Crippen molar-refractivity contribution < 1.29 is 52.6 Å². The van der Waals surface area contributed by atoms with E-state index in [9.17, 15) is 19.2 Å². The monoisotopic (exact) mass is 682 g/mol. The highest BCUT2D eigenvalue weighted by Crippen LogP contribution is 2.32. The molecule has 0 radical (unpaired) electrons. The molecule has 0 aliphatic rings. The summed E-state index contributed by atoms with van der Waals surface area (Å²) < 4.78 is 27.0. The minimum Gasteiger partial charge on any atom is -0.494 e. The Bertz CT molecular complexity index is 1760. The number of ether oxygens (including phenoxy) is 5. The molecule has 0 fully saturated rings. The molecule has 0 heterocycles. The normalized spacial score (nSPS) is 10.4. The van der Waals surface area contributed by atoms with E-state index in [0.29, 0.717) is 47.7 Å². The van der Waals surface area contributed by atoms with Crippen LogP contribution in [-0.2, 0) is 21.0 Å². The largest absolute Gasteiger partial charge is 0.494 e. The van der Waals surface area contributed by atoms with E-state index in [1.165, 1.54) is 25.3 Å². The zero-order valence-corrected chi connectivity index (χ0v) is 27.9. The Labute approximate surface area is 290 Å². The molecule has 0 spiro atoms. The lowest BCUT2D eigenvalue weighted by molar-refractivity contribution is -0.217. The molecule has 0 unspecified atom stereocenters. The molecule has 0 saturated carbocycles. The number of aldehydes is 1. The summed E-state index contributed by atoms with van der Waals surface area (Å²) in [5, 5.41) is 0. The number of methoxy groups -OCH3 is 1. The Morgan fingerprint density at radius 3 is 2.02 bits per heavy atom. The molecule has 11 nitrogen and oxygen atoms in total. The van der Waals surface area contributed by atoms with E-state index < -0.39 is 17.9 Å². The van der Waals surface area contributed by atoms with Gasteiger partial charge in [0.1, 0.15) is 24.4 Å². The van der Waals surface area contributed by atoms with E-state index in [-0.39, 0.29) is 23.9 Å². The molecule has 0 aliphatic carbocycles. The first-order chi connectivity index (χ1) is 24.3. The summed E-state index contributed by atoms with van der Waals surface area (Å²) >= 11 is 0. The maximum absolute atomic E-state index is 12.8. The molecule has 50 heavy (non-hydrogen) atoms. The summed E-state index contributed by atoms with van der Waals surface area (Å²) in [7, 11) is 1.44. The van der Waals surface area contributed by atoms with Gasteiger partial charge >= 0.3 is 17.9 Å². The van der Waals surface area contributed by atoms with E-state index in [2.05, 4.69) is 6.58 Å². The Morgan fingerprint density at radius 1 is 0.700 bits per heavy atom. The number of aryl methyl sites for hydroxylation is 1. The summed E-state index contributed by atoms with van der Waals surface area (Å²) in [5.41, 5.74) is 2.63. The lowest BCUT2D eigenvalue weighted by Crippen LogP contribution is -2.09. The quantitative estimate of drug-likeness (QED) is 0.0186. The fourth-order valence-electron chi connectivity index (χ4n) is 4.49. The molecular formula is C39H38O11. The Morgan fingerprint density at radius 2 is 1.34 bits per heavy atom. The van der Waals surface area contributed by atoms with Gasteiger partial charge in [0.2, 0.25) is 0 Å². The second-order valence-corrected chi connectivity index (χ2v) is 10.9. The lowest BCUT2D eigenvalue weighted by atomic mass is 10.1. The molecule has 0 atom stereocenters. The van der Waals surface area contributed by atoms with Gasteiger partial charge in [0, 0.05) is 17.7 Å². The number of esters is 3. The van der Waals surface area contributed by atoms with E-state index in [1.807, 2.05) is 0 Å². The molecule has 0 aliphatic heterocycles. The predicted octanol–water partition coefficient (Wildman–Crippen LogP) is 7.43. The topological polar surface area (TPSA) is 133 Å². The van der Waals surface area contributed by atoms with E-state index in [4.69, 9.17) is 33.5 Å². The maximum atomic E-state index is 12.8. The van der Waals surface area contributed by atoms with Crippen molar-refractivity contribution in [1.29, 1.82) is 0 Å². The van der Waals surface area contributed by atoms with Crippen LogP contribution < -0.4 is 23.8 Å². The number of hydrogen-bond acceptors (Lipinski definition) is 11. The van der Waals surface area contributed by atoms with Gasteiger partial charge in [-0.15, -0.1) is 0 Å². The Balaban J connectivity index is 1.19. The molecule has 0 amide bonds. The smallest absolute Gasteiger partial charge is 0.343 e. The van der Waals surface area contributed by atoms with E-state index >= 15 is 0 Å². The molecule has 0 N–H and O–H groups in total. The first-order valence-corrected chi connectivity index (χ1v) is 15.9.